The van der Waals surface area contributed by atoms with Crippen LogP contribution >= 0.6 is 15.9 Å². The molecule has 0 heterocycles. The standard InChI is InChI=1S/C12H15BrN2O4/c1-19-12(18)7-2-3-8(9(13)4-7)5-15-6-10(16)11(14)17/h2-4,10,15-16H,5-6H2,1H3,(H2,14,17). The van der Waals surface area contributed by atoms with Crippen molar-refractivity contribution in [1.29, 1.82) is 0 Å². The lowest BCUT2D eigenvalue weighted by molar-refractivity contribution is -0.125. The van der Waals surface area contributed by atoms with E-state index in [0.717, 1.165) is 10.0 Å². The number of esters is 1. The number of carbonyl (C=O) groups excluding carboxylic acids is 2. The third-order valence-corrected chi connectivity index (χ3v) is 3.19. The van der Waals surface area contributed by atoms with Crippen molar-refractivity contribution in [3.05, 3.63) is 33.8 Å². The van der Waals surface area contributed by atoms with Crippen LogP contribution < -0.4 is 11.1 Å². The highest BCUT2D eigenvalue weighted by Gasteiger charge is 2.11. The molecule has 7 heteroatoms. The van der Waals surface area contributed by atoms with E-state index in [1.54, 1.807) is 18.2 Å². The third kappa shape index (κ3) is 4.62. The average Bonchev–Trinajstić information content (AvgIpc) is 2.39. The molecule has 0 aromatic heterocycles. The van der Waals surface area contributed by atoms with Gasteiger partial charge in [-0.1, -0.05) is 22.0 Å². The Hall–Kier alpha value is -1.44. The van der Waals surface area contributed by atoms with E-state index in [1.165, 1.54) is 7.11 Å². The number of halogens is 1. The molecule has 6 nitrogen and oxygen atoms in total. The smallest absolute Gasteiger partial charge is 0.337 e. The molecule has 0 aliphatic heterocycles. The van der Waals surface area contributed by atoms with E-state index in [9.17, 15) is 14.7 Å². The molecule has 0 saturated heterocycles. The maximum absolute atomic E-state index is 11.3. The SMILES string of the molecule is COC(=O)c1ccc(CNCC(O)C(N)=O)c(Br)c1. The van der Waals surface area contributed by atoms with E-state index in [0.29, 0.717) is 12.1 Å². The number of benzene rings is 1. The highest BCUT2D eigenvalue weighted by molar-refractivity contribution is 9.10. The first-order valence-corrected chi connectivity index (χ1v) is 6.30. The molecule has 0 aliphatic carbocycles. The molecular formula is C12H15BrN2O4. The van der Waals surface area contributed by atoms with E-state index in [4.69, 9.17) is 5.73 Å². The Morgan fingerprint density at radius 2 is 2.21 bits per heavy atom. The molecule has 19 heavy (non-hydrogen) atoms. The zero-order valence-corrected chi connectivity index (χ0v) is 11.9. The molecule has 4 N–H and O–H groups in total. The summed E-state index contributed by atoms with van der Waals surface area (Å²) in [6.45, 7) is 0.493. The fourth-order valence-electron chi connectivity index (χ4n) is 1.38. The summed E-state index contributed by atoms with van der Waals surface area (Å²) in [6, 6.07) is 5.03. The topological polar surface area (TPSA) is 102 Å². The van der Waals surface area contributed by atoms with Gasteiger partial charge in [-0.15, -0.1) is 0 Å². The highest BCUT2D eigenvalue weighted by atomic mass is 79.9. The second kappa shape index (κ2) is 7.22. The molecule has 0 fully saturated rings. The van der Waals surface area contributed by atoms with Gasteiger partial charge in [0, 0.05) is 17.6 Å². The van der Waals surface area contributed by atoms with E-state index < -0.39 is 18.0 Å². The molecule has 1 rings (SSSR count). The van der Waals surface area contributed by atoms with E-state index in [1.807, 2.05) is 0 Å². The lowest BCUT2D eigenvalue weighted by Gasteiger charge is -2.10. The lowest BCUT2D eigenvalue weighted by Crippen LogP contribution is -2.37. The van der Waals surface area contributed by atoms with Gasteiger partial charge in [-0.3, -0.25) is 4.79 Å². The average molecular weight is 331 g/mol. The number of nitrogens with two attached hydrogens (primary N) is 1. The molecule has 0 saturated carbocycles. The van der Waals surface area contributed by atoms with Crippen LogP contribution in [-0.4, -0.2) is 36.7 Å². The van der Waals surface area contributed by atoms with Crippen molar-refractivity contribution in [2.45, 2.75) is 12.6 Å². The number of primary amides is 1. The number of nitrogens with one attached hydrogen (secondary N) is 1. The summed E-state index contributed by atoms with van der Waals surface area (Å²) in [4.78, 5) is 21.9. The Bertz CT molecular complexity index is 479. The molecule has 1 unspecified atom stereocenters. The molecular weight excluding hydrogens is 316 g/mol. The minimum Gasteiger partial charge on any atom is -0.465 e. The molecule has 104 valence electrons. The Labute approximate surface area is 119 Å². The van der Waals surface area contributed by atoms with Crippen molar-refractivity contribution in [3.8, 4) is 0 Å². The highest BCUT2D eigenvalue weighted by Crippen LogP contribution is 2.19. The maximum Gasteiger partial charge on any atom is 0.337 e. The summed E-state index contributed by atoms with van der Waals surface area (Å²) in [5, 5.41) is 12.1. The molecule has 0 spiro atoms. The van der Waals surface area contributed by atoms with Crippen LogP contribution in [0.2, 0.25) is 0 Å². The molecule has 0 bridgehead atoms. The van der Waals surface area contributed by atoms with Gasteiger partial charge in [0.1, 0.15) is 6.10 Å². The fourth-order valence-corrected chi connectivity index (χ4v) is 1.90. The Balaban J connectivity index is 2.60. The van der Waals surface area contributed by atoms with Gasteiger partial charge in [-0.2, -0.15) is 0 Å². The minimum absolute atomic E-state index is 0.0700. The van der Waals surface area contributed by atoms with Crippen LogP contribution in [0.4, 0.5) is 0 Å². The number of hydrogen-bond donors (Lipinski definition) is 3. The third-order valence-electron chi connectivity index (χ3n) is 2.46. The number of aliphatic hydroxyl groups is 1. The summed E-state index contributed by atoms with van der Waals surface area (Å²) in [5.74, 6) is -1.18. The van der Waals surface area contributed by atoms with Crippen LogP contribution in [0.3, 0.4) is 0 Å². The molecule has 0 radical (unpaired) electrons. The zero-order valence-electron chi connectivity index (χ0n) is 10.4. The van der Waals surface area contributed by atoms with Crippen molar-refractivity contribution in [2.75, 3.05) is 13.7 Å². The number of amides is 1. The lowest BCUT2D eigenvalue weighted by atomic mass is 10.1. The summed E-state index contributed by atoms with van der Waals surface area (Å²) in [7, 11) is 1.32. The number of methoxy groups -OCH3 is 1. The molecule has 1 atom stereocenters. The molecule has 1 aromatic carbocycles. The van der Waals surface area contributed by atoms with Gasteiger partial charge in [-0.25, -0.2) is 4.79 Å². The Morgan fingerprint density at radius 1 is 1.53 bits per heavy atom. The van der Waals surface area contributed by atoms with Gasteiger partial charge >= 0.3 is 5.97 Å². The van der Waals surface area contributed by atoms with Crippen LogP contribution in [0.1, 0.15) is 15.9 Å². The van der Waals surface area contributed by atoms with Crippen molar-refractivity contribution in [3.63, 3.8) is 0 Å². The summed E-state index contributed by atoms with van der Waals surface area (Å²) in [5.41, 5.74) is 6.24. The molecule has 0 aliphatic rings. The number of ether oxygens (including phenoxy) is 1. The van der Waals surface area contributed by atoms with Crippen LogP contribution in [0, 0.1) is 0 Å². The van der Waals surface area contributed by atoms with Crippen LogP contribution in [0.25, 0.3) is 0 Å². The van der Waals surface area contributed by atoms with Gasteiger partial charge in [0.05, 0.1) is 12.7 Å². The van der Waals surface area contributed by atoms with Crippen molar-refractivity contribution in [2.24, 2.45) is 5.73 Å². The summed E-state index contributed by atoms with van der Waals surface area (Å²) >= 11 is 3.34. The molecule has 1 amide bonds. The Kier molecular flexibility index (Phi) is 5.94. The predicted octanol–water partition coefficient (Wildman–Crippen LogP) is 0.171. The van der Waals surface area contributed by atoms with Gasteiger partial charge in [0.25, 0.3) is 0 Å². The molecule has 1 aromatic rings. The second-order valence-electron chi connectivity index (χ2n) is 3.85. The van der Waals surface area contributed by atoms with E-state index in [-0.39, 0.29) is 6.54 Å². The number of carbonyl (C=O) groups is 2. The normalized spacial score (nSPS) is 11.9. The van der Waals surface area contributed by atoms with Gasteiger partial charge in [0.2, 0.25) is 5.91 Å². The quantitative estimate of drug-likeness (QED) is 0.645. The van der Waals surface area contributed by atoms with Crippen molar-refractivity contribution in [1.82, 2.24) is 5.32 Å². The monoisotopic (exact) mass is 330 g/mol. The van der Waals surface area contributed by atoms with Crippen molar-refractivity contribution < 1.29 is 19.4 Å². The van der Waals surface area contributed by atoms with E-state index in [2.05, 4.69) is 26.0 Å². The first-order chi connectivity index (χ1) is 8.95. The summed E-state index contributed by atoms with van der Waals surface area (Å²) in [6.07, 6.45) is -1.21. The second-order valence-corrected chi connectivity index (χ2v) is 4.70. The number of aliphatic hydroxyl groups excluding tert-OH is 1. The van der Waals surface area contributed by atoms with Crippen molar-refractivity contribution >= 4 is 27.8 Å². The van der Waals surface area contributed by atoms with Crippen LogP contribution in [0.15, 0.2) is 22.7 Å². The summed E-state index contributed by atoms with van der Waals surface area (Å²) < 4.78 is 5.34. The number of rotatable bonds is 6. The van der Waals surface area contributed by atoms with E-state index >= 15 is 0 Å². The largest absolute Gasteiger partial charge is 0.465 e. The fraction of sp³-hybridized carbons (Fsp3) is 0.333. The maximum atomic E-state index is 11.3. The predicted molar refractivity (Wildman–Crippen MR) is 72.4 cm³/mol. The zero-order chi connectivity index (χ0) is 14.4. The van der Waals surface area contributed by atoms with Gasteiger partial charge < -0.3 is 20.9 Å². The first kappa shape index (κ1) is 15.6. The first-order valence-electron chi connectivity index (χ1n) is 5.50. The van der Waals surface area contributed by atoms with Crippen LogP contribution in [-0.2, 0) is 16.1 Å². The van der Waals surface area contributed by atoms with Gasteiger partial charge in [0.15, 0.2) is 0 Å². The Morgan fingerprint density at radius 3 is 2.74 bits per heavy atom. The van der Waals surface area contributed by atoms with Gasteiger partial charge in [-0.05, 0) is 17.7 Å². The van der Waals surface area contributed by atoms with Crippen LogP contribution in [0.5, 0.6) is 0 Å². The number of hydrogen-bond acceptors (Lipinski definition) is 5. The minimum atomic E-state index is -1.21.